The lowest BCUT2D eigenvalue weighted by atomic mass is 10.0. The Labute approximate surface area is 159 Å². The van der Waals surface area contributed by atoms with E-state index < -0.39 is 6.04 Å². The van der Waals surface area contributed by atoms with Crippen LogP contribution >= 0.6 is 0 Å². The Hall–Kier alpha value is -2.86. The maximum Gasteiger partial charge on any atom is 0.234 e. The largest absolute Gasteiger partial charge is 0.454 e. The van der Waals surface area contributed by atoms with Crippen LogP contribution in [0.15, 0.2) is 48.5 Å². The number of nitrogens with one attached hydrogen (secondary N) is 1. The molecule has 2 aromatic carbocycles. The van der Waals surface area contributed by atoms with Gasteiger partial charge in [-0.3, -0.25) is 14.5 Å². The minimum atomic E-state index is -0.515. The van der Waals surface area contributed by atoms with Gasteiger partial charge in [0.15, 0.2) is 17.3 Å². The summed E-state index contributed by atoms with van der Waals surface area (Å²) in [5.41, 5.74) is 2.05. The first-order valence-corrected chi connectivity index (χ1v) is 8.92. The second kappa shape index (κ2) is 8.68. The average Bonchev–Trinajstić information content (AvgIpc) is 3.09. The molecule has 1 atom stereocenters. The van der Waals surface area contributed by atoms with Crippen LogP contribution in [0.4, 0.5) is 0 Å². The van der Waals surface area contributed by atoms with Gasteiger partial charge in [0.05, 0.1) is 12.6 Å². The predicted molar refractivity (Wildman–Crippen MR) is 102 cm³/mol. The van der Waals surface area contributed by atoms with Crippen molar-refractivity contribution in [1.29, 1.82) is 0 Å². The number of ether oxygens (including phenoxy) is 2. The van der Waals surface area contributed by atoms with Crippen molar-refractivity contribution in [3.8, 4) is 11.5 Å². The Balaban J connectivity index is 1.53. The van der Waals surface area contributed by atoms with Gasteiger partial charge in [-0.25, -0.2) is 0 Å². The fourth-order valence-corrected chi connectivity index (χ4v) is 3.04. The van der Waals surface area contributed by atoms with Crippen LogP contribution in [0.3, 0.4) is 0 Å². The van der Waals surface area contributed by atoms with E-state index in [-0.39, 0.29) is 25.0 Å². The molecule has 0 spiro atoms. The monoisotopic (exact) mass is 368 g/mol. The van der Waals surface area contributed by atoms with E-state index >= 15 is 0 Å². The number of hydrogen-bond donors (Lipinski definition) is 1. The van der Waals surface area contributed by atoms with E-state index in [2.05, 4.69) is 5.32 Å². The minimum absolute atomic E-state index is 0.0503. The van der Waals surface area contributed by atoms with E-state index in [1.54, 1.807) is 0 Å². The third kappa shape index (κ3) is 5.31. The Morgan fingerprint density at radius 2 is 1.81 bits per heavy atom. The second-order valence-electron chi connectivity index (χ2n) is 6.78. The molecule has 1 aliphatic heterocycles. The molecule has 0 fully saturated rings. The molecule has 27 heavy (non-hydrogen) atoms. The average molecular weight is 368 g/mol. The lowest BCUT2D eigenvalue weighted by Crippen LogP contribution is -2.45. The molecule has 0 bridgehead atoms. The van der Waals surface area contributed by atoms with Crippen molar-refractivity contribution in [3.63, 3.8) is 0 Å². The van der Waals surface area contributed by atoms with Gasteiger partial charge in [0, 0.05) is 6.54 Å². The Bertz CT molecular complexity index is 807. The van der Waals surface area contributed by atoms with E-state index in [9.17, 15) is 9.59 Å². The molecule has 0 aromatic heterocycles. The molecule has 3 rings (SSSR count). The fraction of sp³-hybridized carbons (Fsp3) is 0.333. The third-order valence-corrected chi connectivity index (χ3v) is 4.41. The van der Waals surface area contributed by atoms with Gasteiger partial charge in [-0.15, -0.1) is 0 Å². The van der Waals surface area contributed by atoms with Gasteiger partial charge < -0.3 is 14.8 Å². The molecule has 142 valence electrons. The zero-order valence-corrected chi connectivity index (χ0v) is 15.6. The van der Waals surface area contributed by atoms with Gasteiger partial charge in [-0.05, 0) is 43.7 Å². The van der Waals surface area contributed by atoms with Crippen LogP contribution < -0.4 is 14.8 Å². The molecule has 1 N–H and O–H groups in total. The van der Waals surface area contributed by atoms with Crippen LogP contribution in [0.2, 0.25) is 0 Å². The number of fused-ring (bicyclic) bond motifs is 1. The van der Waals surface area contributed by atoms with Gasteiger partial charge in [0.1, 0.15) is 0 Å². The molecule has 1 amide bonds. The summed E-state index contributed by atoms with van der Waals surface area (Å²) in [7, 11) is 1.87. The second-order valence-corrected chi connectivity index (χ2v) is 6.78. The van der Waals surface area contributed by atoms with Crippen LogP contribution in [-0.2, 0) is 22.6 Å². The molecule has 6 nitrogen and oxygen atoms in total. The van der Waals surface area contributed by atoms with Crippen LogP contribution in [0.5, 0.6) is 11.5 Å². The Morgan fingerprint density at radius 3 is 2.56 bits per heavy atom. The summed E-state index contributed by atoms with van der Waals surface area (Å²) in [6.45, 7) is 2.54. The minimum Gasteiger partial charge on any atom is -0.454 e. The van der Waals surface area contributed by atoms with Gasteiger partial charge in [0.2, 0.25) is 12.7 Å². The van der Waals surface area contributed by atoms with E-state index in [4.69, 9.17) is 9.47 Å². The van der Waals surface area contributed by atoms with Gasteiger partial charge >= 0.3 is 0 Å². The molecule has 2 aromatic rings. The number of Topliss-reactive ketones (excluding diaryl/α,β-unsaturated/α-hetero) is 1. The molecule has 0 saturated carbocycles. The lowest BCUT2D eigenvalue weighted by molar-refractivity contribution is -0.127. The summed E-state index contributed by atoms with van der Waals surface area (Å²) in [6.07, 6.45) is 0.494. The summed E-state index contributed by atoms with van der Waals surface area (Å²) in [6, 6.07) is 14.9. The van der Waals surface area contributed by atoms with Crippen LogP contribution in [0, 0.1) is 0 Å². The van der Waals surface area contributed by atoms with Crippen molar-refractivity contribution >= 4 is 11.7 Å². The molecule has 0 radical (unpaired) electrons. The van der Waals surface area contributed by atoms with Crippen molar-refractivity contribution in [3.05, 3.63) is 59.7 Å². The smallest absolute Gasteiger partial charge is 0.234 e. The van der Waals surface area contributed by atoms with Crippen molar-refractivity contribution in [2.75, 3.05) is 20.4 Å². The molecule has 1 aliphatic rings. The number of carbonyl (C=O) groups is 2. The fourth-order valence-electron chi connectivity index (χ4n) is 3.04. The highest BCUT2D eigenvalue weighted by Gasteiger charge is 2.19. The van der Waals surface area contributed by atoms with Gasteiger partial charge in [-0.2, -0.15) is 0 Å². The molecule has 0 unspecified atom stereocenters. The van der Waals surface area contributed by atoms with E-state index in [1.807, 2.05) is 60.5 Å². The molecule has 6 heteroatoms. The summed E-state index contributed by atoms with van der Waals surface area (Å²) in [5, 5.41) is 2.85. The first-order chi connectivity index (χ1) is 13.0. The number of benzene rings is 2. The Kier molecular flexibility index (Phi) is 6.08. The van der Waals surface area contributed by atoms with Crippen molar-refractivity contribution < 1.29 is 19.1 Å². The molecular weight excluding hydrogens is 344 g/mol. The Morgan fingerprint density at radius 1 is 1.07 bits per heavy atom. The topological polar surface area (TPSA) is 67.9 Å². The summed E-state index contributed by atoms with van der Waals surface area (Å²) < 4.78 is 10.7. The maximum absolute atomic E-state index is 12.4. The van der Waals surface area contributed by atoms with E-state index in [1.165, 1.54) is 6.92 Å². The molecular formula is C21H24N2O4. The van der Waals surface area contributed by atoms with Gasteiger partial charge in [-0.1, -0.05) is 36.4 Å². The number of rotatable bonds is 8. The summed E-state index contributed by atoms with van der Waals surface area (Å²) in [4.78, 5) is 26.2. The molecule has 1 heterocycles. The number of amides is 1. The summed E-state index contributed by atoms with van der Waals surface area (Å²) in [5.74, 6) is 1.24. The quantitative estimate of drug-likeness (QED) is 0.773. The van der Waals surface area contributed by atoms with E-state index in [0.29, 0.717) is 13.0 Å². The summed E-state index contributed by atoms with van der Waals surface area (Å²) >= 11 is 0. The van der Waals surface area contributed by atoms with Crippen molar-refractivity contribution in [1.82, 2.24) is 10.2 Å². The number of nitrogens with zero attached hydrogens (tertiary/aromatic N) is 1. The highest BCUT2D eigenvalue weighted by Crippen LogP contribution is 2.32. The number of ketones is 1. The highest BCUT2D eigenvalue weighted by atomic mass is 16.7. The SMILES string of the molecule is CC(=O)[C@H](Cc1ccccc1)NC(=O)CN(C)Cc1ccc2c(c1)OCO2. The predicted octanol–water partition coefficient (Wildman–Crippen LogP) is 2.16. The van der Waals surface area contributed by atoms with E-state index in [0.717, 1.165) is 22.6 Å². The lowest BCUT2D eigenvalue weighted by Gasteiger charge is -2.20. The van der Waals surface area contributed by atoms with Crippen LogP contribution in [0.25, 0.3) is 0 Å². The van der Waals surface area contributed by atoms with Crippen molar-refractivity contribution in [2.24, 2.45) is 0 Å². The normalized spacial score (nSPS) is 13.4. The third-order valence-electron chi connectivity index (χ3n) is 4.41. The number of carbonyl (C=O) groups excluding carboxylic acids is 2. The van der Waals surface area contributed by atoms with Crippen LogP contribution in [-0.4, -0.2) is 43.0 Å². The standard InChI is InChI=1S/C21H24N2O4/c1-15(24)18(10-16-6-4-3-5-7-16)22-21(25)13-23(2)12-17-8-9-19-20(11-17)27-14-26-19/h3-9,11,18H,10,12-14H2,1-2H3,(H,22,25)/t18-/m0/s1. The maximum atomic E-state index is 12.4. The van der Waals surface area contributed by atoms with Crippen LogP contribution in [0.1, 0.15) is 18.1 Å². The number of hydrogen-bond acceptors (Lipinski definition) is 5. The zero-order valence-electron chi connectivity index (χ0n) is 15.6. The van der Waals surface area contributed by atoms with Crippen molar-refractivity contribution in [2.45, 2.75) is 25.9 Å². The first kappa shape index (κ1) is 18.9. The first-order valence-electron chi connectivity index (χ1n) is 8.92. The molecule has 0 aliphatic carbocycles. The zero-order chi connectivity index (χ0) is 19.2. The molecule has 0 saturated heterocycles. The highest BCUT2D eigenvalue weighted by molar-refractivity contribution is 5.88. The van der Waals surface area contributed by atoms with Gasteiger partial charge in [0.25, 0.3) is 0 Å². The number of likely N-dealkylation sites (N-methyl/N-ethyl adjacent to an activating group) is 1.